The van der Waals surface area contributed by atoms with Gasteiger partial charge < -0.3 is 15.4 Å². The summed E-state index contributed by atoms with van der Waals surface area (Å²) in [7, 11) is 0. The maximum Gasteiger partial charge on any atom is 0.345 e. The van der Waals surface area contributed by atoms with Crippen LogP contribution in [-0.4, -0.2) is 53.2 Å². The van der Waals surface area contributed by atoms with E-state index in [9.17, 15) is 4.79 Å². The van der Waals surface area contributed by atoms with Crippen molar-refractivity contribution in [1.82, 2.24) is 25.0 Å². The average Bonchev–Trinajstić information content (AvgIpc) is 3.00. The summed E-state index contributed by atoms with van der Waals surface area (Å²) in [5.41, 5.74) is 0.0294. The number of nitrogens with one attached hydrogen (secondary N) is 2. The largest absolute Gasteiger partial charge is 0.381 e. The van der Waals surface area contributed by atoms with Gasteiger partial charge in [-0.05, 0) is 39.0 Å². The molecule has 0 saturated carbocycles. The molecule has 0 radical (unpaired) electrons. The molecule has 0 fully saturated rings. The van der Waals surface area contributed by atoms with E-state index in [-0.39, 0.29) is 5.69 Å². The molecule has 0 aliphatic carbocycles. The lowest BCUT2D eigenvalue weighted by Crippen LogP contribution is -2.38. The third-order valence-corrected chi connectivity index (χ3v) is 4.57. The molecule has 154 valence electrons. The Morgan fingerprint density at radius 1 is 1.19 bits per heavy atom. The van der Waals surface area contributed by atoms with Crippen LogP contribution in [0.1, 0.15) is 58.2 Å². The van der Waals surface area contributed by atoms with Gasteiger partial charge in [-0.3, -0.25) is 9.56 Å². The van der Waals surface area contributed by atoms with Gasteiger partial charge >= 0.3 is 5.69 Å². The zero-order valence-corrected chi connectivity index (χ0v) is 17.0. The Balaban J connectivity index is 1.68. The summed E-state index contributed by atoms with van der Waals surface area (Å²) in [6, 6.07) is 0. The van der Waals surface area contributed by atoms with Crippen molar-refractivity contribution in [2.45, 2.75) is 71.9 Å². The number of ether oxygens (including phenoxy) is 1. The van der Waals surface area contributed by atoms with Crippen molar-refractivity contribution in [3.8, 4) is 0 Å². The first-order valence-corrected chi connectivity index (χ1v) is 10.5. The van der Waals surface area contributed by atoms with Gasteiger partial charge in [0.25, 0.3) is 0 Å². The number of rotatable bonds is 12. The van der Waals surface area contributed by atoms with Crippen molar-refractivity contribution in [3.05, 3.63) is 16.3 Å². The van der Waals surface area contributed by atoms with Gasteiger partial charge in [0.15, 0.2) is 5.96 Å². The molecule has 0 atom stereocenters. The standard InChI is InChI=1S/C19H36N6O2/c1-3-5-15-27-16-9-12-22-18(20-4-2)21-11-8-14-25-19(26)24-13-7-6-10-17(24)23-25/h3-16H2,1-2H3,(H2,20,21,22). The van der Waals surface area contributed by atoms with E-state index in [1.807, 2.05) is 4.57 Å². The summed E-state index contributed by atoms with van der Waals surface area (Å²) in [5.74, 6) is 1.76. The van der Waals surface area contributed by atoms with Crippen LogP contribution in [0.5, 0.6) is 0 Å². The Kier molecular flexibility index (Phi) is 9.97. The van der Waals surface area contributed by atoms with Crippen LogP contribution in [0.15, 0.2) is 9.79 Å². The number of hydrogen-bond donors (Lipinski definition) is 2. The number of nitrogens with zero attached hydrogens (tertiary/aromatic N) is 4. The molecular weight excluding hydrogens is 344 g/mol. The van der Waals surface area contributed by atoms with Gasteiger partial charge in [-0.15, -0.1) is 0 Å². The molecule has 1 aliphatic heterocycles. The number of fused-ring (bicyclic) bond motifs is 1. The summed E-state index contributed by atoms with van der Waals surface area (Å²) in [6.07, 6.45) is 7.17. The molecule has 8 heteroatoms. The van der Waals surface area contributed by atoms with Gasteiger partial charge in [0.2, 0.25) is 0 Å². The quantitative estimate of drug-likeness (QED) is 0.326. The van der Waals surface area contributed by atoms with E-state index in [2.05, 4.69) is 34.6 Å². The van der Waals surface area contributed by atoms with Gasteiger partial charge in [-0.2, -0.15) is 5.10 Å². The minimum absolute atomic E-state index is 0.0294. The van der Waals surface area contributed by atoms with Gasteiger partial charge in [0.1, 0.15) is 5.82 Å². The smallest absolute Gasteiger partial charge is 0.345 e. The maximum atomic E-state index is 12.3. The number of guanidine groups is 1. The molecule has 0 aromatic carbocycles. The first-order valence-electron chi connectivity index (χ1n) is 10.5. The first-order chi connectivity index (χ1) is 13.3. The van der Waals surface area contributed by atoms with E-state index in [4.69, 9.17) is 4.74 Å². The number of aliphatic imine (C=N–C) groups is 1. The van der Waals surface area contributed by atoms with Crippen molar-refractivity contribution < 1.29 is 4.74 Å². The third kappa shape index (κ3) is 7.36. The molecular formula is C19H36N6O2. The second-order valence-corrected chi connectivity index (χ2v) is 6.89. The Hall–Kier alpha value is -1.83. The van der Waals surface area contributed by atoms with Crippen LogP contribution in [0, 0.1) is 0 Å². The van der Waals surface area contributed by atoms with E-state index in [0.29, 0.717) is 13.1 Å². The topological polar surface area (TPSA) is 85.5 Å². The van der Waals surface area contributed by atoms with Crippen molar-refractivity contribution in [1.29, 1.82) is 0 Å². The summed E-state index contributed by atoms with van der Waals surface area (Å²) in [5, 5.41) is 11.1. The highest BCUT2D eigenvalue weighted by Crippen LogP contribution is 2.09. The molecule has 2 N–H and O–H groups in total. The lowest BCUT2D eigenvalue weighted by atomic mass is 10.2. The van der Waals surface area contributed by atoms with E-state index >= 15 is 0 Å². The van der Waals surface area contributed by atoms with Gasteiger partial charge in [-0.25, -0.2) is 9.48 Å². The summed E-state index contributed by atoms with van der Waals surface area (Å²) < 4.78 is 8.99. The second-order valence-electron chi connectivity index (χ2n) is 6.89. The molecule has 2 rings (SSSR count). The molecule has 8 nitrogen and oxygen atoms in total. The lowest BCUT2D eigenvalue weighted by molar-refractivity contribution is 0.129. The SMILES string of the molecule is CCCCOCCCNC(=NCCCn1nc2n(c1=O)CCCC2)NCC. The van der Waals surface area contributed by atoms with E-state index in [1.54, 1.807) is 4.68 Å². The average molecular weight is 381 g/mol. The molecule has 1 aromatic heterocycles. The molecule has 27 heavy (non-hydrogen) atoms. The monoisotopic (exact) mass is 380 g/mol. The van der Waals surface area contributed by atoms with Crippen LogP contribution < -0.4 is 16.3 Å². The van der Waals surface area contributed by atoms with Crippen LogP contribution in [0.25, 0.3) is 0 Å². The highest BCUT2D eigenvalue weighted by molar-refractivity contribution is 5.79. The third-order valence-electron chi connectivity index (χ3n) is 4.57. The van der Waals surface area contributed by atoms with Crippen LogP contribution in [0.2, 0.25) is 0 Å². The van der Waals surface area contributed by atoms with Gasteiger partial charge in [-0.1, -0.05) is 13.3 Å². The maximum absolute atomic E-state index is 12.3. The fourth-order valence-electron chi connectivity index (χ4n) is 3.08. The van der Waals surface area contributed by atoms with Crippen molar-refractivity contribution in [3.63, 3.8) is 0 Å². The summed E-state index contributed by atoms with van der Waals surface area (Å²) in [4.78, 5) is 16.9. The molecule has 0 unspecified atom stereocenters. The zero-order valence-electron chi connectivity index (χ0n) is 17.0. The zero-order chi connectivity index (χ0) is 19.3. The fourth-order valence-corrected chi connectivity index (χ4v) is 3.08. The van der Waals surface area contributed by atoms with Gasteiger partial charge in [0.05, 0.1) is 0 Å². The normalized spacial score (nSPS) is 14.2. The Morgan fingerprint density at radius 2 is 2.04 bits per heavy atom. The number of unbranched alkanes of at least 4 members (excludes halogenated alkanes) is 1. The molecule has 1 aromatic rings. The Bertz CT molecular complexity index is 622. The lowest BCUT2D eigenvalue weighted by Gasteiger charge is -2.11. The Morgan fingerprint density at radius 3 is 2.81 bits per heavy atom. The molecule has 0 spiro atoms. The van der Waals surface area contributed by atoms with Gasteiger partial charge in [0, 0.05) is 52.4 Å². The van der Waals surface area contributed by atoms with Crippen LogP contribution in [-0.2, 0) is 24.2 Å². The molecule has 2 heterocycles. The Labute approximate surface area is 162 Å². The van der Waals surface area contributed by atoms with Crippen LogP contribution >= 0.6 is 0 Å². The molecule has 0 saturated heterocycles. The van der Waals surface area contributed by atoms with E-state index < -0.39 is 0 Å². The molecule has 0 amide bonds. The van der Waals surface area contributed by atoms with Crippen molar-refractivity contribution in [2.24, 2.45) is 4.99 Å². The van der Waals surface area contributed by atoms with Crippen LogP contribution in [0.3, 0.4) is 0 Å². The minimum Gasteiger partial charge on any atom is -0.381 e. The second kappa shape index (κ2) is 12.5. The van der Waals surface area contributed by atoms with Crippen molar-refractivity contribution >= 4 is 5.96 Å². The predicted molar refractivity (Wildman–Crippen MR) is 108 cm³/mol. The fraction of sp³-hybridized carbons (Fsp3) is 0.842. The first kappa shape index (κ1) is 21.5. The highest BCUT2D eigenvalue weighted by atomic mass is 16.5. The number of hydrogen-bond acceptors (Lipinski definition) is 4. The molecule has 1 aliphatic rings. The van der Waals surface area contributed by atoms with Crippen LogP contribution in [0.4, 0.5) is 0 Å². The summed E-state index contributed by atoms with van der Waals surface area (Å²) in [6.45, 7) is 9.60. The molecule has 0 bridgehead atoms. The van der Waals surface area contributed by atoms with E-state index in [1.165, 1.54) is 6.42 Å². The predicted octanol–water partition coefficient (Wildman–Crippen LogP) is 1.53. The minimum atomic E-state index is 0.0294. The number of aryl methyl sites for hydroxylation is 2. The summed E-state index contributed by atoms with van der Waals surface area (Å²) >= 11 is 0. The number of aromatic nitrogens is 3. The van der Waals surface area contributed by atoms with E-state index in [0.717, 1.165) is 83.2 Å². The highest BCUT2D eigenvalue weighted by Gasteiger charge is 2.16. The van der Waals surface area contributed by atoms with Crippen molar-refractivity contribution in [2.75, 3.05) is 32.8 Å².